The van der Waals surface area contributed by atoms with Crippen molar-refractivity contribution < 1.29 is 0 Å². The van der Waals surface area contributed by atoms with Gasteiger partial charge in [0.05, 0.1) is 10.0 Å². The van der Waals surface area contributed by atoms with E-state index in [1.54, 1.807) is 53.7 Å². The molecule has 0 bridgehead atoms. The van der Waals surface area contributed by atoms with Crippen molar-refractivity contribution in [3.63, 3.8) is 0 Å². The minimum absolute atomic E-state index is 0. The van der Waals surface area contributed by atoms with Crippen LogP contribution in [0.25, 0.3) is 5.82 Å². The molecule has 29 heavy (non-hydrogen) atoms. The van der Waals surface area contributed by atoms with Crippen molar-refractivity contribution in [1.82, 2.24) is 29.9 Å². The van der Waals surface area contributed by atoms with Gasteiger partial charge in [-0.3, -0.25) is 5.10 Å². The molecule has 0 saturated heterocycles. The molecule has 0 aliphatic carbocycles. The molecule has 0 saturated carbocycles. The Labute approximate surface area is 201 Å². The number of nitrogens with one attached hydrogen (secondary N) is 1. The highest BCUT2D eigenvalue weighted by Crippen LogP contribution is 2.17. The molecule has 11 heteroatoms. The van der Waals surface area contributed by atoms with Crippen molar-refractivity contribution in [2.75, 3.05) is 0 Å². The highest BCUT2D eigenvalue weighted by Gasteiger charge is 2.03. The second-order valence-electron chi connectivity index (χ2n) is 4.57. The van der Waals surface area contributed by atoms with E-state index in [-0.39, 0.29) is 14.9 Å². The molecule has 0 atom stereocenters. The van der Waals surface area contributed by atoms with Gasteiger partial charge in [-0.15, -0.1) is 0 Å². The quantitative estimate of drug-likeness (QED) is 0.235. The van der Waals surface area contributed by atoms with Crippen LogP contribution in [-0.4, -0.2) is 29.9 Å². The summed E-state index contributed by atoms with van der Waals surface area (Å²) in [6.07, 6.45) is 6.74. The second kappa shape index (κ2) is 14.5. The topological polar surface area (TPSA) is 72.3 Å². The maximum Gasteiger partial charge on any atom is 0.172 e. The van der Waals surface area contributed by atoms with Gasteiger partial charge in [0, 0.05) is 24.8 Å². The molecule has 0 aliphatic rings. The zero-order valence-electron chi connectivity index (χ0n) is 13.4. The summed E-state index contributed by atoms with van der Waals surface area (Å²) in [5.41, 5.74) is 0. The van der Waals surface area contributed by atoms with Gasteiger partial charge in [0.1, 0.15) is 14.4 Å². The van der Waals surface area contributed by atoms with Gasteiger partial charge < -0.3 is 0 Å². The van der Waals surface area contributed by atoms with Gasteiger partial charge in [-0.25, -0.2) is 14.6 Å². The van der Waals surface area contributed by atoms with E-state index in [2.05, 4.69) is 57.1 Å². The fraction of sp³-hybridized carbons (Fsp3) is 0.111. The average molecular weight is 586 g/mol. The Hall–Kier alpha value is -1.45. The lowest BCUT2D eigenvalue weighted by Crippen LogP contribution is -1.98. The summed E-state index contributed by atoms with van der Waals surface area (Å²) in [5, 5.41) is 11.9. The summed E-state index contributed by atoms with van der Waals surface area (Å²) in [6, 6.07) is 10.6. The highest BCUT2D eigenvalue weighted by atomic mass is 79.9. The molecule has 6 nitrogen and oxygen atoms in total. The van der Waals surface area contributed by atoms with Crippen LogP contribution in [-0.2, 0) is 0 Å². The predicted octanol–water partition coefficient (Wildman–Crippen LogP) is 7.52. The van der Waals surface area contributed by atoms with Crippen molar-refractivity contribution in [2.24, 2.45) is 0 Å². The molecule has 0 fully saturated rings. The molecule has 0 unspecified atom stereocenters. The van der Waals surface area contributed by atoms with Crippen LogP contribution in [0, 0.1) is 0 Å². The van der Waals surface area contributed by atoms with Crippen LogP contribution in [0.15, 0.2) is 70.4 Å². The minimum atomic E-state index is 0. The van der Waals surface area contributed by atoms with Crippen molar-refractivity contribution >= 4 is 66.7 Å². The standard InChI is InChI=1S/C8H5BrClN3.C5H3Cl2N.C3H3BrN2.2CH4/c9-7-3-5-13(12-7)8-6(10)2-1-4-11-8;6-4-2-1-3-8-5(4)7;4-3-1-2-5-6-3;;/h1-5H;1-3H;1-2H,(H,5,6);2*1H4. The van der Waals surface area contributed by atoms with Gasteiger partial charge in [0.15, 0.2) is 5.82 Å². The fourth-order valence-electron chi connectivity index (χ4n) is 1.57. The molecule has 1 N–H and O–H groups in total. The van der Waals surface area contributed by atoms with Gasteiger partial charge in [-0.05, 0) is 68.3 Å². The third kappa shape index (κ3) is 9.73. The Morgan fingerprint density at radius 2 is 1.48 bits per heavy atom. The van der Waals surface area contributed by atoms with Crippen molar-refractivity contribution in [2.45, 2.75) is 14.9 Å². The van der Waals surface area contributed by atoms with Crippen molar-refractivity contribution in [3.05, 3.63) is 85.6 Å². The number of hydrogen-bond donors (Lipinski definition) is 1. The molecule has 0 radical (unpaired) electrons. The van der Waals surface area contributed by atoms with E-state index >= 15 is 0 Å². The Balaban J connectivity index is 0.000000425. The molecule has 0 aromatic carbocycles. The van der Waals surface area contributed by atoms with Crippen LogP contribution >= 0.6 is 66.7 Å². The molecule has 4 rings (SSSR count). The minimum Gasteiger partial charge on any atom is -0.271 e. The van der Waals surface area contributed by atoms with E-state index in [1.807, 2.05) is 12.1 Å². The summed E-state index contributed by atoms with van der Waals surface area (Å²) in [7, 11) is 0. The Morgan fingerprint density at radius 1 is 0.828 bits per heavy atom. The number of pyridine rings is 2. The summed E-state index contributed by atoms with van der Waals surface area (Å²) in [4.78, 5) is 7.82. The highest BCUT2D eigenvalue weighted by molar-refractivity contribution is 9.10. The molecule has 4 heterocycles. The van der Waals surface area contributed by atoms with Crippen LogP contribution in [0.2, 0.25) is 15.2 Å². The third-order valence-corrected chi connectivity index (χ3v) is 4.56. The van der Waals surface area contributed by atoms with Crippen molar-refractivity contribution in [3.8, 4) is 5.82 Å². The molecular formula is C18H19Br2Cl3N6. The molecule has 0 spiro atoms. The summed E-state index contributed by atoms with van der Waals surface area (Å²) >= 11 is 23.3. The summed E-state index contributed by atoms with van der Waals surface area (Å²) < 4.78 is 3.29. The number of hydrogen-bond acceptors (Lipinski definition) is 4. The first kappa shape index (κ1) is 27.5. The maximum absolute atomic E-state index is 5.93. The maximum atomic E-state index is 5.93. The lowest BCUT2D eigenvalue weighted by atomic mass is 10.4. The number of rotatable bonds is 1. The van der Waals surface area contributed by atoms with Crippen molar-refractivity contribution in [1.29, 1.82) is 0 Å². The lowest BCUT2D eigenvalue weighted by molar-refractivity contribution is 0.839. The number of halogens is 5. The molecule has 156 valence electrons. The molecule has 0 aliphatic heterocycles. The van der Waals surface area contributed by atoms with Gasteiger partial charge in [-0.2, -0.15) is 10.2 Å². The van der Waals surface area contributed by atoms with Crippen LogP contribution in [0.1, 0.15) is 14.9 Å². The van der Waals surface area contributed by atoms with Crippen LogP contribution in [0.5, 0.6) is 0 Å². The van der Waals surface area contributed by atoms with E-state index in [4.69, 9.17) is 34.8 Å². The predicted molar refractivity (Wildman–Crippen MR) is 128 cm³/mol. The zero-order valence-corrected chi connectivity index (χ0v) is 18.8. The monoisotopic (exact) mass is 582 g/mol. The molecular weight excluding hydrogens is 566 g/mol. The summed E-state index contributed by atoms with van der Waals surface area (Å²) in [6.45, 7) is 0. The van der Waals surface area contributed by atoms with Gasteiger partial charge in [0.25, 0.3) is 0 Å². The first-order valence-corrected chi connectivity index (χ1v) is 9.92. The normalized spacial score (nSPS) is 9.00. The Bertz CT molecular complexity index is 943. The van der Waals surface area contributed by atoms with E-state index in [9.17, 15) is 0 Å². The Morgan fingerprint density at radius 3 is 1.86 bits per heavy atom. The second-order valence-corrected chi connectivity index (χ2v) is 7.41. The smallest absolute Gasteiger partial charge is 0.172 e. The SMILES string of the molecule is Brc1ccn[nH]1.C.C.Clc1cccnc1-n1ccc(Br)n1.Clc1cccnc1Cl. The molecule has 4 aromatic heterocycles. The molecule has 4 aromatic rings. The Kier molecular flexibility index (Phi) is 13.8. The van der Waals surface area contributed by atoms with Gasteiger partial charge >= 0.3 is 0 Å². The number of H-pyrrole nitrogens is 1. The largest absolute Gasteiger partial charge is 0.271 e. The third-order valence-electron chi connectivity index (χ3n) is 2.69. The first-order valence-electron chi connectivity index (χ1n) is 7.20. The average Bonchev–Trinajstić information content (AvgIpc) is 3.30. The van der Waals surface area contributed by atoms with E-state index in [0.29, 0.717) is 21.0 Å². The number of aromatic nitrogens is 6. The van der Waals surface area contributed by atoms with E-state index in [1.165, 1.54) is 0 Å². The first-order chi connectivity index (χ1) is 13.0. The number of aromatic amines is 1. The van der Waals surface area contributed by atoms with Crippen LogP contribution in [0.3, 0.4) is 0 Å². The van der Waals surface area contributed by atoms with Gasteiger partial charge in [0.2, 0.25) is 0 Å². The van der Waals surface area contributed by atoms with E-state index in [0.717, 1.165) is 9.21 Å². The zero-order chi connectivity index (χ0) is 19.6. The lowest BCUT2D eigenvalue weighted by Gasteiger charge is -2.00. The summed E-state index contributed by atoms with van der Waals surface area (Å²) in [5.74, 6) is 0.634. The number of nitrogens with zero attached hydrogens (tertiary/aromatic N) is 5. The van der Waals surface area contributed by atoms with Gasteiger partial charge in [-0.1, -0.05) is 49.7 Å². The molecule has 0 amide bonds. The van der Waals surface area contributed by atoms with Crippen LogP contribution in [0.4, 0.5) is 0 Å². The van der Waals surface area contributed by atoms with Crippen LogP contribution < -0.4 is 0 Å². The van der Waals surface area contributed by atoms with E-state index < -0.39 is 0 Å². The fourth-order valence-corrected chi connectivity index (χ4v) is 2.53.